The van der Waals surface area contributed by atoms with Crippen LogP contribution in [0.4, 0.5) is 0 Å². The van der Waals surface area contributed by atoms with E-state index >= 15 is 0 Å². The SMILES string of the molecule is COc1cc(C=NNC(=O)c2cccnc2Cl)ccc1OCc1ccccc1. The molecule has 1 N–H and O–H groups in total. The lowest BCUT2D eigenvalue weighted by Crippen LogP contribution is -2.18. The van der Waals surface area contributed by atoms with Gasteiger partial charge < -0.3 is 9.47 Å². The fraction of sp³-hybridized carbons (Fsp3) is 0.0952. The maximum absolute atomic E-state index is 12.1. The molecule has 0 aliphatic carbocycles. The van der Waals surface area contributed by atoms with E-state index < -0.39 is 5.91 Å². The first-order chi connectivity index (χ1) is 13.7. The van der Waals surface area contributed by atoms with Crippen LogP contribution in [0.1, 0.15) is 21.5 Å². The number of carbonyl (C=O) groups is 1. The molecular weight excluding hydrogens is 378 g/mol. The molecule has 3 rings (SSSR count). The molecule has 0 fully saturated rings. The van der Waals surface area contributed by atoms with Gasteiger partial charge in [-0.05, 0) is 41.5 Å². The lowest BCUT2D eigenvalue weighted by atomic mass is 10.2. The third-order valence-corrected chi connectivity index (χ3v) is 4.11. The maximum Gasteiger partial charge on any atom is 0.274 e. The molecule has 0 bridgehead atoms. The van der Waals surface area contributed by atoms with Gasteiger partial charge in [-0.15, -0.1) is 0 Å². The lowest BCUT2D eigenvalue weighted by molar-refractivity contribution is 0.0955. The van der Waals surface area contributed by atoms with Gasteiger partial charge in [0, 0.05) is 6.20 Å². The normalized spacial score (nSPS) is 10.6. The quantitative estimate of drug-likeness (QED) is 0.371. The number of nitrogens with one attached hydrogen (secondary N) is 1. The van der Waals surface area contributed by atoms with Crippen molar-refractivity contribution in [2.45, 2.75) is 6.61 Å². The predicted octanol–water partition coefficient (Wildman–Crippen LogP) is 4.09. The second-order valence-electron chi connectivity index (χ2n) is 5.73. The van der Waals surface area contributed by atoms with Crippen LogP contribution < -0.4 is 14.9 Å². The minimum atomic E-state index is -0.441. The van der Waals surface area contributed by atoms with E-state index in [1.54, 1.807) is 31.4 Å². The zero-order chi connectivity index (χ0) is 19.8. The smallest absolute Gasteiger partial charge is 0.274 e. The molecule has 1 aromatic heterocycles. The van der Waals surface area contributed by atoms with Crippen LogP contribution in [0.3, 0.4) is 0 Å². The van der Waals surface area contributed by atoms with Crippen LogP contribution in [0.5, 0.6) is 11.5 Å². The summed E-state index contributed by atoms with van der Waals surface area (Å²) < 4.78 is 11.2. The van der Waals surface area contributed by atoms with Gasteiger partial charge in [-0.1, -0.05) is 41.9 Å². The predicted molar refractivity (Wildman–Crippen MR) is 108 cm³/mol. The molecule has 0 aliphatic rings. The molecule has 0 radical (unpaired) electrons. The summed E-state index contributed by atoms with van der Waals surface area (Å²) in [6, 6.07) is 18.4. The first-order valence-corrected chi connectivity index (χ1v) is 8.84. The molecule has 2 aromatic carbocycles. The van der Waals surface area contributed by atoms with Gasteiger partial charge in [0.25, 0.3) is 5.91 Å². The number of ether oxygens (including phenoxy) is 2. The van der Waals surface area contributed by atoms with Crippen molar-refractivity contribution in [2.75, 3.05) is 7.11 Å². The highest BCUT2D eigenvalue weighted by Crippen LogP contribution is 2.28. The molecule has 142 valence electrons. The van der Waals surface area contributed by atoms with Crippen LogP contribution >= 0.6 is 11.6 Å². The van der Waals surface area contributed by atoms with Gasteiger partial charge in [-0.25, -0.2) is 10.4 Å². The van der Waals surface area contributed by atoms with Crippen molar-refractivity contribution in [3.63, 3.8) is 0 Å². The number of carbonyl (C=O) groups excluding carboxylic acids is 1. The Morgan fingerprint density at radius 3 is 2.71 bits per heavy atom. The Hall–Kier alpha value is -3.38. The first kappa shape index (κ1) is 19.4. The summed E-state index contributed by atoms with van der Waals surface area (Å²) in [5.74, 6) is 0.750. The average Bonchev–Trinajstić information content (AvgIpc) is 2.73. The van der Waals surface area contributed by atoms with Gasteiger partial charge in [0.2, 0.25) is 0 Å². The summed E-state index contributed by atoms with van der Waals surface area (Å²) in [5.41, 5.74) is 4.47. The van der Waals surface area contributed by atoms with E-state index in [2.05, 4.69) is 15.5 Å². The van der Waals surface area contributed by atoms with Gasteiger partial charge >= 0.3 is 0 Å². The average molecular weight is 396 g/mol. The number of nitrogens with zero attached hydrogens (tertiary/aromatic N) is 2. The first-order valence-electron chi connectivity index (χ1n) is 8.46. The summed E-state index contributed by atoms with van der Waals surface area (Å²) in [6.07, 6.45) is 3.02. The number of rotatable bonds is 7. The molecule has 28 heavy (non-hydrogen) atoms. The number of hydrazone groups is 1. The molecule has 3 aromatic rings. The fourth-order valence-electron chi connectivity index (χ4n) is 2.40. The van der Waals surface area contributed by atoms with E-state index in [9.17, 15) is 4.79 Å². The molecule has 0 atom stereocenters. The molecule has 6 nitrogen and oxygen atoms in total. The Morgan fingerprint density at radius 1 is 1.14 bits per heavy atom. The van der Waals surface area contributed by atoms with Crippen molar-refractivity contribution in [1.82, 2.24) is 10.4 Å². The van der Waals surface area contributed by atoms with Crippen LogP contribution in [0.2, 0.25) is 5.15 Å². The summed E-state index contributed by atoms with van der Waals surface area (Å²) in [4.78, 5) is 15.9. The Labute approximate surface area is 167 Å². The Balaban J connectivity index is 1.63. The molecule has 0 saturated carbocycles. The third kappa shape index (κ3) is 5.08. The summed E-state index contributed by atoms with van der Waals surface area (Å²) >= 11 is 5.89. The van der Waals surface area contributed by atoms with Gasteiger partial charge in [0.1, 0.15) is 11.8 Å². The zero-order valence-corrected chi connectivity index (χ0v) is 15.9. The van der Waals surface area contributed by atoms with Crippen molar-refractivity contribution in [3.8, 4) is 11.5 Å². The topological polar surface area (TPSA) is 72.8 Å². The number of methoxy groups -OCH3 is 1. The van der Waals surface area contributed by atoms with Crippen LogP contribution in [0, 0.1) is 0 Å². The number of amides is 1. The standard InChI is InChI=1S/C21H18ClN3O3/c1-27-19-12-16(9-10-18(19)28-14-15-6-3-2-4-7-15)13-24-25-21(26)17-8-5-11-23-20(17)22/h2-13H,14H2,1H3,(H,25,26). The van der Waals surface area contributed by atoms with Gasteiger partial charge in [-0.2, -0.15) is 5.10 Å². The molecule has 0 saturated heterocycles. The maximum atomic E-state index is 12.1. The van der Waals surface area contributed by atoms with Crippen molar-refractivity contribution in [1.29, 1.82) is 0 Å². The van der Waals surface area contributed by atoms with E-state index in [0.717, 1.165) is 11.1 Å². The van der Waals surface area contributed by atoms with Crippen LogP contribution in [-0.2, 0) is 6.61 Å². The molecule has 1 amide bonds. The van der Waals surface area contributed by atoms with Crippen molar-refractivity contribution >= 4 is 23.7 Å². The van der Waals surface area contributed by atoms with Crippen LogP contribution in [0.15, 0.2) is 72.0 Å². The lowest BCUT2D eigenvalue weighted by Gasteiger charge is -2.11. The number of hydrogen-bond donors (Lipinski definition) is 1. The molecular formula is C21H18ClN3O3. The van der Waals surface area contributed by atoms with Crippen molar-refractivity contribution in [3.05, 3.63) is 88.7 Å². The number of benzene rings is 2. The van der Waals surface area contributed by atoms with E-state index in [4.69, 9.17) is 21.1 Å². The highest BCUT2D eigenvalue weighted by Gasteiger charge is 2.09. The Bertz CT molecular complexity index is 978. The summed E-state index contributed by atoms with van der Waals surface area (Å²) in [5, 5.41) is 4.07. The van der Waals surface area contributed by atoms with E-state index in [1.807, 2.05) is 36.4 Å². The van der Waals surface area contributed by atoms with E-state index in [-0.39, 0.29) is 10.7 Å². The van der Waals surface area contributed by atoms with Crippen molar-refractivity contribution in [2.24, 2.45) is 5.10 Å². The minimum Gasteiger partial charge on any atom is -0.493 e. The number of pyridine rings is 1. The summed E-state index contributed by atoms with van der Waals surface area (Å²) in [7, 11) is 1.57. The highest BCUT2D eigenvalue weighted by molar-refractivity contribution is 6.32. The number of halogens is 1. The van der Waals surface area contributed by atoms with Crippen LogP contribution in [-0.4, -0.2) is 24.2 Å². The van der Waals surface area contributed by atoms with Crippen LogP contribution in [0.25, 0.3) is 0 Å². The monoisotopic (exact) mass is 395 g/mol. The molecule has 0 spiro atoms. The van der Waals surface area contributed by atoms with Gasteiger partial charge in [-0.3, -0.25) is 4.79 Å². The fourth-order valence-corrected chi connectivity index (χ4v) is 2.61. The molecule has 7 heteroatoms. The summed E-state index contributed by atoms with van der Waals surface area (Å²) in [6.45, 7) is 0.437. The molecule has 0 aliphatic heterocycles. The Morgan fingerprint density at radius 2 is 1.96 bits per heavy atom. The largest absolute Gasteiger partial charge is 0.493 e. The number of aromatic nitrogens is 1. The highest BCUT2D eigenvalue weighted by atomic mass is 35.5. The second kappa shape index (κ2) is 9.53. The van der Waals surface area contributed by atoms with E-state index in [1.165, 1.54) is 12.4 Å². The molecule has 1 heterocycles. The number of hydrogen-bond acceptors (Lipinski definition) is 5. The van der Waals surface area contributed by atoms with Gasteiger partial charge in [0.05, 0.1) is 18.9 Å². The third-order valence-electron chi connectivity index (χ3n) is 3.81. The van der Waals surface area contributed by atoms with Gasteiger partial charge in [0.15, 0.2) is 11.5 Å². The second-order valence-corrected chi connectivity index (χ2v) is 6.08. The zero-order valence-electron chi connectivity index (χ0n) is 15.1. The minimum absolute atomic E-state index is 0.122. The molecule has 0 unspecified atom stereocenters. The Kier molecular flexibility index (Phi) is 6.59. The van der Waals surface area contributed by atoms with Crippen molar-refractivity contribution < 1.29 is 14.3 Å². The van der Waals surface area contributed by atoms with E-state index in [0.29, 0.717) is 18.1 Å².